The van der Waals surface area contributed by atoms with E-state index in [-0.39, 0.29) is 0 Å². The predicted molar refractivity (Wildman–Crippen MR) is 78.4 cm³/mol. The van der Waals surface area contributed by atoms with Crippen molar-refractivity contribution in [2.45, 2.75) is 77.3 Å². The van der Waals surface area contributed by atoms with Gasteiger partial charge in [-0.05, 0) is 19.3 Å². The molecule has 1 aliphatic carbocycles. The van der Waals surface area contributed by atoms with Gasteiger partial charge in [-0.2, -0.15) is 0 Å². The fraction of sp³-hybridized carbons (Fsp3) is 0.812. The Bertz CT molecular complexity index is 416. The van der Waals surface area contributed by atoms with E-state index < -0.39 is 0 Å². The summed E-state index contributed by atoms with van der Waals surface area (Å²) in [5.41, 5.74) is 2.88. The maximum atomic E-state index is 5.01. The van der Waals surface area contributed by atoms with Crippen molar-refractivity contribution in [3.05, 3.63) is 17.2 Å². The molecule has 3 heteroatoms. The molecule has 2 heterocycles. The number of unbranched alkanes of at least 4 members (excludes halogenated alkanes) is 2. The third-order valence-electron chi connectivity index (χ3n) is 4.72. The van der Waals surface area contributed by atoms with Gasteiger partial charge in [0.1, 0.15) is 5.82 Å². The second-order valence-corrected chi connectivity index (χ2v) is 6.13. The van der Waals surface area contributed by atoms with Crippen LogP contribution in [0.3, 0.4) is 0 Å². The fourth-order valence-corrected chi connectivity index (χ4v) is 3.66. The smallest absolute Gasteiger partial charge is 0.112 e. The lowest BCUT2D eigenvalue weighted by Crippen LogP contribution is -2.25. The maximum Gasteiger partial charge on any atom is 0.112 e. The zero-order valence-electron chi connectivity index (χ0n) is 12.2. The van der Waals surface area contributed by atoms with Gasteiger partial charge in [-0.15, -0.1) is 0 Å². The van der Waals surface area contributed by atoms with Gasteiger partial charge in [0.05, 0.1) is 5.69 Å². The monoisotopic (exact) mass is 261 g/mol. The molecule has 0 atom stereocenters. The van der Waals surface area contributed by atoms with Crippen LogP contribution in [0.25, 0.3) is 0 Å². The minimum atomic E-state index is 0.743. The van der Waals surface area contributed by atoms with Gasteiger partial charge in [0.2, 0.25) is 0 Å². The van der Waals surface area contributed by atoms with Gasteiger partial charge in [-0.25, -0.2) is 4.98 Å². The van der Waals surface area contributed by atoms with Gasteiger partial charge in [0.15, 0.2) is 0 Å². The Morgan fingerprint density at radius 3 is 2.89 bits per heavy atom. The molecule has 19 heavy (non-hydrogen) atoms. The van der Waals surface area contributed by atoms with Crippen LogP contribution in [0.15, 0.2) is 0 Å². The summed E-state index contributed by atoms with van der Waals surface area (Å²) in [5.74, 6) is 2.16. The van der Waals surface area contributed by atoms with Crippen LogP contribution < -0.4 is 5.32 Å². The average molecular weight is 261 g/mol. The van der Waals surface area contributed by atoms with Crippen molar-refractivity contribution in [2.24, 2.45) is 0 Å². The highest BCUT2D eigenvalue weighted by atomic mass is 15.1. The Balaban J connectivity index is 1.85. The van der Waals surface area contributed by atoms with E-state index in [0.29, 0.717) is 0 Å². The minimum absolute atomic E-state index is 0.743. The molecule has 0 unspecified atom stereocenters. The van der Waals surface area contributed by atoms with Gasteiger partial charge in [0.25, 0.3) is 0 Å². The van der Waals surface area contributed by atoms with Crippen molar-refractivity contribution in [3.8, 4) is 0 Å². The van der Waals surface area contributed by atoms with E-state index in [9.17, 15) is 0 Å². The number of fused-ring (bicyclic) bond motifs is 1. The van der Waals surface area contributed by atoms with Gasteiger partial charge < -0.3 is 9.88 Å². The molecular weight excluding hydrogens is 234 g/mol. The normalized spacial score (nSPS) is 19.8. The number of aromatic nitrogens is 2. The van der Waals surface area contributed by atoms with Gasteiger partial charge >= 0.3 is 0 Å². The minimum Gasteiger partial charge on any atom is -0.331 e. The van der Waals surface area contributed by atoms with Gasteiger partial charge in [0, 0.05) is 37.7 Å². The van der Waals surface area contributed by atoms with Crippen molar-refractivity contribution >= 4 is 0 Å². The summed E-state index contributed by atoms with van der Waals surface area (Å²) in [4.78, 5) is 5.01. The van der Waals surface area contributed by atoms with Crippen LogP contribution >= 0.6 is 0 Å². The molecule has 1 saturated carbocycles. The van der Waals surface area contributed by atoms with Crippen molar-refractivity contribution in [2.75, 3.05) is 6.54 Å². The first-order valence-corrected chi connectivity index (χ1v) is 8.19. The topological polar surface area (TPSA) is 29.9 Å². The third-order valence-corrected chi connectivity index (χ3v) is 4.72. The number of rotatable bonds is 5. The largest absolute Gasteiger partial charge is 0.331 e. The molecule has 0 amide bonds. The highest BCUT2D eigenvalue weighted by Crippen LogP contribution is 2.35. The SMILES string of the molecule is CCCCCn1c(C2CCCC2)nc2c1CCNC2. The molecule has 0 saturated heterocycles. The summed E-state index contributed by atoms with van der Waals surface area (Å²) in [6, 6.07) is 0. The number of imidazole rings is 1. The van der Waals surface area contributed by atoms with Crippen molar-refractivity contribution in [1.82, 2.24) is 14.9 Å². The molecule has 0 radical (unpaired) electrons. The second-order valence-electron chi connectivity index (χ2n) is 6.13. The molecule has 106 valence electrons. The summed E-state index contributed by atoms with van der Waals surface area (Å²) in [7, 11) is 0. The predicted octanol–water partition coefficient (Wildman–Crippen LogP) is 3.38. The molecule has 3 rings (SSSR count). The molecule has 2 aliphatic rings. The highest BCUT2D eigenvalue weighted by molar-refractivity contribution is 5.22. The molecule has 1 fully saturated rings. The van der Waals surface area contributed by atoms with E-state index in [1.807, 2.05) is 0 Å². The standard InChI is InChI=1S/C16H27N3/c1-2-3-6-11-19-15-9-10-17-12-14(15)18-16(19)13-7-4-5-8-13/h13,17H,2-12H2,1H3. The van der Waals surface area contributed by atoms with Crippen LogP contribution in [0.1, 0.15) is 75.0 Å². The third kappa shape index (κ3) is 2.71. The molecule has 1 aliphatic heterocycles. The Labute approximate surface area is 116 Å². The molecular formula is C16H27N3. The Hall–Kier alpha value is -0.830. The Morgan fingerprint density at radius 2 is 2.11 bits per heavy atom. The van der Waals surface area contributed by atoms with E-state index in [4.69, 9.17) is 4.98 Å². The molecule has 0 aromatic carbocycles. The van der Waals surface area contributed by atoms with E-state index >= 15 is 0 Å². The lowest BCUT2D eigenvalue weighted by atomic mass is 10.1. The summed E-state index contributed by atoms with van der Waals surface area (Å²) >= 11 is 0. The molecule has 3 nitrogen and oxygen atoms in total. The van der Waals surface area contributed by atoms with Crippen LogP contribution in [0, 0.1) is 0 Å². The molecule has 1 N–H and O–H groups in total. The number of hydrogen-bond acceptors (Lipinski definition) is 2. The fourth-order valence-electron chi connectivity index (χ4n) is 3.66. The first-order valence-electron chi connectivity index (χ1n) is 8.19. The Kier molecular flexibility index (Phi) is 4.21. The highest BCUT2D eigenvalue weighted by Gasteiger charge is 2.26. The lowest BCUT2D eigenvalue weighted by molar-refractivity contribution is 0.521. The maximum absolute atomic E-state index is 5.01. The van der Waals surface area contributed by atoms with Crippen LogP contribution in [0.4, 0.5) is 0 Å². The van der Waals surface area contributed by atoms with Crippen LogP contribution in [0.2, 0.25) is 0 Å². The number of hydrogen-bond donors (Lipinski definition) is 1. The van der Waals surface area contributed by atoms with E-state index in [1.165, 1.54) is 75.1 Å². The molecule has 0 spiro atoms. The molecule has 0 bridgehead atoms. The van der Waals surface area contributed by atoms with E-state index in [1.54, 1.807) is 0 Å². The summed E-state index contributed by atoms with van der Waals surface area (Å²) in [6.07, 6.45) is 10.6. The van der Waals surface area contributed by atoms with Crippen molar-refractivity contribution in [1.29, 1.82) is 0 Å². The van der Waals surface area contributed by atoms with E-state index in [0.717, 1.165) is 19.0 Å². The number of nitrogens with zero attached hydrogens (tertiary/aromatic N) is 2. The number of nitrogens with one attached hydrogen (secondary N) is 1. The zero-order chi connectivity index (χ0) is 13.1. The van der Waals surface area contributed by atoms with Crippen molar-refractivity contribution < 1.29 is 0 Å². The van der Waals surface area contributed by atoms with Crippen LogP contribution in [-0.4, -0.2) is 16.1 Å². The van der Waals surface area contributed by atoms with Crippen LogP contribution in [0.5, 0.6) is 0 Å². The molecule has 1 aromatic rings. The summed E-state index contributed by atoms with van der Waals surface area (Å²) in [6.45, 7) is 5.58. The van der Waals surface area contributed by atoms with Crippen molar-refractivity contribution in [3.63, 3.8) is 0 Å². The summed E-state index contributed by atoms with van der Waals surface area (Å²) in [5, 5.41) is 3.46. The summed E-state index contributed by atoms with van der Waals surface area (Å²) < 4.78 is 2.60. The zero-order valence-corrected chi connectivity index (χ0v) is 12.2. The van der Waals surface area contributed by atoms with Gasteiger partial charge in [-0.1, -0.05) is 32.6 Å². The van der Waals surface area contributed by atoms with E-state index in [2.05, 4.69) is 16.8 Å². The lowest BCUT2D eigenvalue weighted by Gasteiger charge is -2.17. The Morgan fingerprint density at radius 1 is 1.26 bits per heavy atom. The quantitative estimate of drug-likeness (QED) is 0.824. The average Bonchev–Trinajstić information content (AvgIpc) is 3.06. The first kappa shape index (κ1) is 13.2. The van der Waals surface area contributed by atoms with Gasteiger partial charge in [-0.3, -0.25) is 0 Å². The second kappa shape index (κ2) is 6.08. The first-order chi connectivity index (χ1) is 9.40. The van der Waals surface area contributed by atoms with Crippen LogP contribution in [-0.2, 0) is 19.5 Å². The molecule has 1 aromatic heterocycles.